The van der Waals surface area contributed by atoms with Gasteiger partial charge >= 0.3 is 0 Å². The molecule has 0 fully saturated rings. The van der Waals surface area contributed by atoms with Gasteiger partial charge in [0.1, 0.15) is 16.5 Å². The Morgan fingerprint density at radius 2 is 2.11 bits per heavy atom. The largest absolute Gasteiger partial charge is 0.463 e. The first-order valence-corrected chi connectivity index (χ1v) is 8.34. The smallest absolute Gasteiger partial charge is 0.277 e. The first-order chi connectivity index (χ1) is 13.1. The molecule has 0 atom stereocenters. The van der Waals surface area contributed by atoms with Gasteiger partial charge in [-0.3, -0.25) is 14.6 Å². The molecule has 0 saturated heterocycles. The van der Waals surface area contributed by atoms with E-state index in [0.29, 0.717) is 18.0 Å². The first-order valence-electron chi connectivity index (χ1n) is 7.96. The number of rotatable bonds is 5. The Bertz CT molecular complexity index is 1070. The minimum Gasteiger partial charge on any atom is -0.463 e. The van der Waals surface area contributed by atoms with Gasteiger partial charge in [0.25, 0.3) is 5.91 Å². The van der Waals surface area contributed by atoms with Gasteiger partial charge in [-0.1, -0.05) is 23.7 Å². The van der Waals surface area contributed by atoms with Crippen molar-refractivity contribution in [2.45, 2.75) is 6.54 Å². The molecule has 4 rings (SSSR count). The Hall–Kier alpha value is -3.39. The molecule has 4 aromatic rings. The zero-order valence-corrected chi connectivity index (χ0v) is 14.6. The van der Waals surface area contributed by atoms with Gasteiger partial charge in [0, 0.05) is 12.3 Å². The molecule has 0 unspecified atom stereocenters. The maximum absolute atomic E-state index is 13.0. The van der Waals surface area contributed by atoms with Gasteiger partial charge in [-0.05, 0) is 29.8 Å². The highest BCUT2D eigenvalue weighted by Gasteiger charge is 2.16. The number of anilines is 1. The summed E-state index contributed by atoms with van der Waals surface area (Å²) in [5.41, 5.74) is 1.60. The van der Waals surface area contributed by atoms with E-state index < -0.39 is 5.91 Å². The van der Waals surface area contributed by atoms with Crippen LogP contribution in [-0.4, -0.2) is 25.9 Å². The second-order valence-corrected chi connectivity index (χ2v) is 6.16. The average molecular weight is 386 g/mol. The summed E-state index contributed by atoms with van der Waals surface area (Å²) in [7, 11) is 0. The lowest BCUT2D eigenvalue weighted by molar-refractivity contribution is 0.102. The number of halogens is 2. The number of amides is 1. The molecule has 0 saturated carbocycles. The van der Waals surface area contributed by atoms with Crippen molar-refractivity contribution in [3.05, 3.63) is 77.0 Å². The number of benzene rings is 1. The van der Waals surface area contributed by atoms with Gasteiger partial charge in [0.15, 0.2) is 17.3 Å². The molecule has 0 radical (unpaired) electrons. The second-order valence-electron chi connectivity index (χ2n) is 5.75. The van der Waals surface area contributed by atoms with Crippen LogP contribution in [-0.2, 0) is 6.54 Å². The lowest BCUT2D eigenvalue weighted by Crippen LogP contribution is -2.13. The molecule has 27 heavy (non-hydrogen) atoms. The highest BCUT2D eigenvalue weighted by atomic mass is 35.5. The molecule has 1 amide bonds. The number of nitrogens with one attached hydrogen (secondary N) is 2. The molecule has 0 aliphatic heterocycles. The van der Waals surface area contributed by atoms with Gasteiger partial charge < -0.3 is 9.73 Å². The normalized spacial score (nSPS) is 10.9. The summed E-state index contributed by atoms with van der Waals surface area (Å²) in [5.74, 6) is 0.0191. The Kier molecular flexibility index (Phi) is 4.47. The Labute approximate surface area is 157 Å². The van der Waals surface area contributed by atoms with Gasteiger partial charge in [-0.25, -0.2) is 4.39 Å². The highest BCUT2D eigenvalue weighted by molar-refractivity contribution is 6.33. The molecular formula is C18H13ClFN5O2. The summed E-state index contributed by atoms with van der Waals surface area (Å²) in [6, 6.07) is 11.1. The monoisotopic (exact) mass is 385 g/mol. The van der Waals surface area contributed by atoms with Gasteiger partial charge in [-0.15, -0.1) is 0 Å². The molecule has 3 aromatic heterocycles. The van der Waals surface area contributed by atoms with Crippen molar-refractivity contribution in [1.82, 2.24) is 20.0 Å². The Balaban J connectivity index is 1.47. The van der Waals surface area contributed by atoms with E-state index in [0.717, 1.165) is 5.56 Å². The predicted molar refractivity (Wildman–Crippen MR) is 97.0 cm³/mol. The maximum atomic E-state index is 13.0. The summed E-state index contributed by atoms with van der Waals surface area (Å²) < 4.78 is 19.8. The Morgan fingerprint density at radius 1 is 1.30 bits per heavy atom. The summed E-state index contributed by atoms with van der Waals surface area (Å²) in [4.78, 5) is 12.4. The van der Waals surface area contributed by atoms with E-state index in [2.05, 4.69) is 20.6 Å². The van der Waals surface area contributed by atoms with Gasteiger partial charge in [0.2, 0.25) is 0 Å². The van der Waals surface area contributed by atoms with E-state index in [1.165, 1.54) is 18.4 Å². The van der Waals surface area contributed by atoms with E-state index in [1.54, 1.807) is 41.2 Å². The van der Waals surface area contributed by atoms with Crippen LogP contribution < -0.4 is 5.32 Å². The van der Waals surface area contributed by atoms with Crippen LogP contribution in [0.15, 0.2) is 59.3 Å². The van der Waals surface area contributed by atoms with Crippen molar-refractivity contribution in [3.63, 3.8) is 0 Å². The molecule has 1 aromatic carbocycles. The number of hydrogen-bond acceptors (Lipinski definition) is 4. The predicted octanol–water partition coefficient (Wildman–Crippen LogP) is 3.96. The second kappa shape index (κ2) is 7.08. The van der Waals surface area contributed by atoms with Crippen LogP contribution in [0, 0.1) is 5.82 Å². The molecule has 3 heterocycles. The minimum absolute atomic E-state index is 0.172. The molecule has 7 nitrogen and oxygen atoms in total. The third kappa shape index (κ3) is 3.75. The van der Waals surface area contributed by atoms with Crippen LogP contribution in [0.5, 0.6) is 0 Å². The van der Waals surface area contributed by atoms with Crippen molar-refractivity contribution in [2.75, 3.05) is 5.32 Å². The SMILES string of the molecule is O=C(Nc1nn(Cc2ccc(F)cc2)cc1Cl)c1cc(-c2ccco2)[nH]n1. The van der Waals surface area contributed by atoms with Crippen LogP contribution in [0.2, 0.25) is 5.02 Å². The number of furan rings is 1. The molecule has 0 aliphatic carbocycles. The van der Waals surface area contributed by atoms with Crippen molar-refractivity contribution in [1.29, 1.82) is 0 Å². The molecule has 0 aliphatic rings. The number of aromatic amines is 1. The lowest BCUT2D eigenvalue weighted by Gasteiger charge is -2.02. The summed E-state index contributed by atoms with van der Waals surface area (Å²) >= 11 is 6.15. The lowest BCUT2D eigenvalue weighted by atomic mass is 10.2. The van der Waals surface area contributed by atoms with Gasteiger partial charge in [0.05, 0.1) is 12.8 Å². The van der Waals surface area contributed by atoms with Gasteiger partial charge in [-0.2, -0.15) is 10.2 Å². The molecule has 136 valence electrons. The molecule has 9 heteroatoms. The quantitative estimate of drug-likeness (QED) is 0.544. The van der Waals surface area contributed by atoms with Crippen LogP contribution in [0.3, 0.4) is 0 Å². The number of hydrogen-bond donors (Lipinski definition) is 2. The standard InChI is InChI=1S/C18H13ClFN5O2/c19-13-10-25(9-11-3-5-12(20)6-4-11)24-17(13)21-18(26)15-8-14(22-23-15)16-2-1-7-27-16/h1-8,10H,9H2,(H,22,23)(H,21,24,26). The van der Waals surface area contributed by atoms with E-state index in [9.17, 15) is 9.18 Å². The van der Waals surface area contributed by atoms with Crippen LogP contribution in [0.4, 0.5) is 10.2 Å². The fourth-order valence-corrected chi connectivity index (χ4v) is 2.70. The minimum atomic E-state index is -0.460. The van der Waals surface area contributed by atoms with E-state index in [1.807, 2.05) is 0 Å². The number of aromatic nitrogens is 4. The van der Waals surface area contributed by atoms with Crippen molar-refractivity contribution in [3.8, 4) is 11.5 Å². The third-order valence-electron chi connectivity index (χ3n) is 3.80. The van der Waals surface area contributed by atoms with Crippen molar-refractivity contribution < 1.29 is 13.6 Å². The van der Waals surface area contributed by atoms with Crippen molar-refractivity contribution in [2.24, 2.45) is 0 Å². The summed E-state index contributed by atoms with van der Waals surface area (Å²) in [5, 5.41) is 13.9. The molecule has 2 N–H and O–H groups in total. The number of nitrogens with zero attached hydrogens (tertiary/aromatic N) is 3. The zero-order chi connectivity index (χ0) is 18.8. The molecule has 0 bridgehead atoms. The van der Waals surface area contributed by atoms with E-state index in [4.69, 9.17) is 16.0 Å². The molecular weight excluding hydrogens is 373 g/mol. The summed E-state index contributed by atoms with van der Waals surface area (Å²) in [6.07, 6.45) is 3.11. The van der Waals surface area contributed by atoms with Crippen LogP contribution in [0.1, 0.15) is 16.1 Å². The van der Waals surface area contributed by atoms with Crippen LogP contribution in [0.25, 0.3) is 11.5 Å². The number of H-pyrrole nitrogens is 1. The summed E-state index contributed by atoms with van der Waals surface area (Å²) in [6.45, 7) is 0.390. The fourth-order valence-electron chi connectivity index (χ4n) is 2.51. The number of carbonyl (C=O) groups excluding carboxylic acids is 1. The van der Waals surface area contributed by atoms with E-state index in [-0.39, 0.29) is 22.4 Å². The van der Waals surface area contributed by atoms with Crippen LogP contribution >= 0.6 is 11.6 Å². The zero-order valence-electron chi connectivity index (χ0n) is 13.8. The third-order valence-corrected chi connectivity index (χ3v) is 4.08. The Morgan fingerprint density at radius 3 is 2.85 bits per heavy atom. The fraction of sp³-hybridized carbons (Fsp3) is 0.0556. The maximum Gasteiger partial charge on any atom is 0.277 e. The highest BCUT2D eigenvalue weighted by Crippen LogP contribution is 2.22. The molecule has 0 spiro atoms. The first kappa shape index (κ1) is 17.0. The average Bonchev–Trinajstić information content (AvgIpc) is 3.38. The van der Waals surface area contributed by atoms with Crippen molar-refractivity contribution >= 4 is 23.3 Å². The number of carbonyl (C=O) groups is 1. The topological polar surface area (TPSA) is 88.7 Å². The van der Waals surface area contributed by atoms with E-state index >= 15 is 0 Å².